The van der Waals surface area contributed by atoms with Gasteiger partial charge in [0.1, 0.15) is 17.3 Å². The second-order valence-corrected chi connectivity index (χ2v) is 12.0. The molecule has 2 heterocycles. The number of carbonyl (C=O) groups excluding carboxylic acids is 2. The molecule has 1 saturated heterocycles. The van der Waals surface area contributed by atoms with Crippen LogP contribution in [-0.2, 0) is 15.3 Å². The molecule has 0 aliphatic carbocycles. The monoisotopic (exact) mass is 629 g/mol. The molecule has 3 aromatic carbocycles. The number of ketones is 1. The maximum atomic E-state index is 13.4. The van der Waals surface area contributed by atoms with Crippen LogP contribution in [-0.4, -0.2) is 33.6 Å². The maximum absolute atomic E-state index is 13.4. The Kier molecular flexibility index (Phi) is 8.94. The van der Waals surface area contributed by atoms with Crippen LogP contribution in [0.15, 0.2) is 76.6 Å². The number of halogens is 3. The second kappa shape index (κ2) is 12.6. The molecule has 0 bridgehead atoms. The van der Waals surface area contributed by atoms with Crippen molar-refractivity contribution >= 4 is 68.9 Å². The number of hydrogen-bond acceptors (Lipinski definition) is 8. The molecule has 210 valence electrons. The molecule has 41 heavy (non-hydrogen) atoms. The molecule has 1 N–H and O–H groups in total. The Balaban J connectivity index is 1.53. The molecule has 4 aromatic rings. The lowest BCUT2D eigenvalue weighted by Gasteiger charge is -2.23. The van der Waals surface area contributed by atoms with Crippen LogP contribution in [0.3, 0.4) is 0 Å². The van der Waals surface area contributed by atoms with Gasteiger partial charge in [-0.1, -0.05) is 71.4 Å². The Labute approximate surface area is 253 Å². The lowest BCUT2D eigenvalue weighted by atomic mass is 9.95. The number of aliphatic hydroxyl groups excluding tert-OH is 1. The van der Waals surface area contributed by atoms with Crippen molar-refractivity contribution in [1.82, 2.24) is 10.2 Å². The fourth-order valence-corrected chi connectivity index (χ4v) is 6.55. The first kappa shape index (κ1) is 29.1. The molecular weight excluding hydrogens is 608 g/mol. The van der Waals surface area contributed by atoms with Gasteiger partial charge in [-0.25, -0.2) is 4.39 Å². The number of nitrogens with zero attached hydrogens (tertiary/aromatic N) is 3. The van der Waals surface area contributed by atoms with E-state index in [1.54, 1.807) is 48.5 Å². The summed E-state index contributed by atoms with van der Waals surface area (Å²) in [6.45, 7) is 2.53. The van der Waals surface area contributed by atoms with Crippen LogP contribution in [0.25, 0.3) is 5.76 Å². The van der Waals surface area contributed by atoms with Crippen molar-refractivity contribution in [2.75, 3.05) is 11.5 Å². The first-order chi connectivity index (χ1) is 19.8. The summed E-state index contributed by atoms with van der Waals surface area (Å²) in [5, 5.41) is 20.5. The number of rotatable bonds is 9. The number of benzene rings is 3. The third-order valence-electron chi connectivity index (χ3n) is 6.18. The zero-order valence-corrected chi connectivity index (χ0v) is 24.7. The number of hydrogen-bond donors (Lipinski definition) is 1. The molecule has 1 aliphatic rings. The van der Waals surface area contributed by atoms with E-state index in [-0.39, 0.29) is 27.3 Å². The minimum atomic E-state index is -1.08. The van der Waals surface area contributed by atoms with Gasteiger partial charge in [-0.15, -0.1) is 10.2 Å². The van der Waals surface area contributed by atoms with Gasteiger partial charge in [-0.2, -0.15) is 0 Å². The van der Waals surface area contributed by atoms with Gasteiger partial charge in [0.2, 0.25) is 5.13 Å². The molecule has 7 nitrogen and oxygen atoms in total. The Bertz CT molecular complexity index is 1630. The largest absolute Gasteiger partial charge is 0.507 e. The maximum Gasteiger partial charge on any atom is 0.301 e. The number of amides is 1. The number of carbonyl (C=O) groups is 2. The number of anilines is 1. The summed E-state index contributed by atoms with van der Waals surface area (Å²) in [4.78, 5) is 28.1. The van der Waals surface area contributed by atoms with Crippen LogP contribution in [0.2, 0.25) is 10.0 Å². The summed E-state index contributed by atoms with van der Waals surface area (Å²) in [6.07, 6.45) is 0.838. The highest BCUT2D eigenvalue weighted by Crippen LogP contribution is 2.46. The minimum absolute atomic E-state index is 0.142. The van der Waals surface area contributed by atoms with E-state index in [1.807, 2.05) is 6.92 Å². The summed E-state index contributed by atoms with van der Waals surface area (Å²) in [5.74, 6) is -1.34. The van der Waals surface area contributed by atoms with Crippen LogP contribution in [0.5, 0.6) is 5.75 Å². The average Bonchev–Trinajstić information content (AvgIpc) is 3.53. The van der Waals surface area contributed by atoms with Crippen molar-refractivity contribution in [3.05, 3.63) is 105 Å². The molecular formula is C29H22Cl2FN3O4S2. The highest BCUT2D eigenvalue weighted by atomic mass is 35.5. The number of aliphatic hydroxyl groups is 1. The van der Waals surface area contributed by atoms with E-state index in [9.17, 15) is 19.1 Å². The molecule has 12 heteroatoms. The topological polar surface area (TPSA) is 92.6 Å². The van der Waals surface area contributed by atoms with Crippen molar-refractivity contribution < 1.29 is 23.8 Å². The minimum Gasteiger partial charge on any atom is -0.507 e. The van der Waals surface area contributed by atoms with Gasteiger partial charge in [-0.05, 0) is 66.1 Å². The van der Waals surface area contributed by atoms with E-state index in [2.05, 4.69) is 10.2 Å². The van der Waals surface area contributed by atoms with Crippen molar-refractivity contribution in [3.63, 3.8) is 0 Å². The zero-order chi connectivity index (χ0) is 29.1. The standard InChI is InChI=1S/C29H22Cl2FN3O4S2/c1-2-13-39-20-10-5-17(6-11-20)25(36)23-24(21-12-7-18(30)14-22(21)31)35(27(38)26(23)37)28-33-34-29(41-28)40-15-16-3-8-19(32)9-4-16/h3-12,14,24,36H,2,13,15H2,1H3/b25-23-. The van der Waals surface area contributed by atoms with Gasteiger partial charge in [0, 0.05) is 21.4 Å². The van der Waals surface area contributed by atoms with E-state index in [4.69, 9.17) is 27.9 Å². The highest BCUT2D eigenvalue weighted by molar-refractivity contribution is 8.00. The highest BCUT2D eigenvalue weighted by Gasteiger charge is 2.49. The van der Waals surface area contributed by atoms with Crippen LogP contribution >= 0.6 is 46.3 Å². The molecule has 0 saturated carbocycles. The Morgan fingerprint density at radius 3 is 2.49 bits per heavy atom. The predicted molar refractivity (Wildman–Crippen MR) is 159 cm³/mol. The van der Waals surface area contributed by atoms with Gasteiger partial charge < -0.3 is 9.84 Å². The molecule has 0 radical (unpaired) electrons. The van der Waals surface area contributed by atoms with Crippen LogP contribution in [0, 0.1) is 5.82 Å². The molecule has 1 amide bonds. The SMILES string of the molecule is CCCOc1ccc(/C(O)=C2/C(=O)C(=O)N(c3nnc(SCc4ccc(F)cc4)s3)C2c2ccc(Cl)cc2Cl)cc1. The Morgan fingerprint density at radius 1 is 1.07 bits per heavy atom. The predicted octanol–water partition coefficient (Wildman–Crippen LogP) is 7.69. The summed E-state index contributed by atoms with van der Waals surface area (Å²) in [7, 11) is 0. The number of Topliss-reactive ketones (excluding diaryl/α,β-unsaturated/α-hetero) is 1. The smallest absolute Gasteiger partial charge is 0.301 e. The fraction of sp³-hybridized carbons (Fsp3) is 0.172. The van der Waals surface area contributed by atoms with Gasteiger partial charge in [0.15, 0.2) is 4.34 Å². The van der Waals surface area contributed by atoms with Gasteiger partial charge in [0.25, 0.3) is 5.78 Å². The van der Waals surface area contributed by atoms with Crippen molar-refractivity contribution in [1.29, 1.82) is 0 Å². The first-order valence-corrected chi connectivity index (χ1v) is 15.0. The van der Waals surface area contributed by atoms with Crippen molar-refractivity contribution in [2.45, 2.75) is 29.5 Å². The van der Waals surface area contributed by atoms with Gasteiger partial charge in [-0.3, -0.25) is 14.5 Å². The summed E-state index contributed by atoms with van der Waals surface area (Å²) < 4.78 is 19.4. The lowest BCUT2D eigenvalue weighted by molar-refractivity contribution is -0.132. The molecule has 1 unspecified atom stereocenters. The van der Waals surface area contributed by atoms with E-state index in [0.29, 0.717) is 38.6 Å². The lowest BCUT2D eigenvalue weighted by Crippen LogP contribution is -2.29. The Morgan fingerprint density at radius 2 is 1.80 bits per heavy atom. The van der Waals surface area contributed by atoms with E-state index in [0.717, 1.165) is 23.3 Å². The normalized spacial score (nSPS) is 16.4. The van der Waals surface area contributed by atoms with E-state index >= 15 is 0 Å². The quantitative estimate of drug-likeness (QED) is 0.0667. The summed E-state index contributed by atoms with van der Waals surface area (Å²) in [5.41, 5.74) is 1.45. The van der Waals surface area contributed by atoms with Crippen molar-refractivity contribution in [3.8, 4) is 5.75 Å². The molecule has 1 fully saturated rings. The fourth-order valence-electron chi connectivity index (χ4n) is 4.22. The van der Waals surface area contributed by atoms with Crippen molar-refractivity contribution in [2.24, 2.45) is 0 Å². The first-order valence-electron chi connectivity index (χ1n) is 12.5. The number of aromatic nitrogens is 2. The number of thioether (sulfide) groups is 1. The molecule has 1 aliphatic heterocycles. The molecule has 1 aromatic heterocycles. The Hall–Kier alpha value is -3.44. The van der Waals surface area contributed by atoms with Crippen LogP contribution < -0.4 is 9.64 Å². The summed E-state index contributed by atoms with van der Waals surface area (Å²) in [6, 6.07) is 16.3. The average molecular weight is 631 g/mol. The van der Waals surface area contributed by atoms with Gasteiger partial charge >= 0.3 is 5.91 Å². The zero-order valence-electron chi connectivity index (χ0n) is 21.5. The van der Waals surface area contributed by atoms with E-state index < -0.39 is 17.7 Å². The third-order valence-corrected chi connectivity index (χ3v) is 8.87. The van der Waals surface area contributed by atoms with Crippen LogP contribution in [0.1, 0.15) is 36.1 Å². The van der Waals surface area contributed by atoms with E-state index in [1.165, 1.54) is 34.9 Å². The summed E-state index contributed by atoms with van der Waals surface area (Å²) >= 11 is 15.2. The molecule has 0 spiro atoms. The third kappa shape index (κ3) is 6.25. The van der Waals surface area contributed by atoms with Crippen LogP contribution in [0.4, 0.5) is 9.52 Å². The van der Waals surface area contributed by atoms with Gasteiger partial charge in [0.05, 0.1) is 18.2 Å². The number of ether oxygens (including phenoxy) is 1. The molecule has 5 rings (SSSR count). The molecule has 1 atom stereocenters. The second-order valence-electron chi connectivity index (χ2n) is 8.97.